The number of rotatable bonds is 6. The highest BCUT2D eigenvalue weighted by molar-refractivity contribution is 7.91. The van der Waals surface area contributed by atoms with Crippen LogP contribution in [-0.2, 0) is 14.6 Å². The third-order valence-corrected chi connectivity index (χ3v) is 4.96. The molecule has 5 nitrogen and oxygen atoms in total. The Bertz CT molecular complexity index is 524. The highest BCUT2D eigenvalue weighted by Crippen LogP contribution is 2.10. The third-order valence-electron chi connectivity index (χ3n) is 3.14. The second kappa shape index (κ2) is 6.16. The quantitative estimate of drug-likeness (QED) is 0.730. The van der Waals surface area contributed by atoms with Gasteiger partial charge in [-0.15, -0.1) is 0 Å². The van der Waals surface area contributed by atoms with E-state index in [1.165, 1.54) is 0 Å². The van der Waals surface area contributed by atoms with Crippen molar-refractivity contribution in [1.82, 2.24) is 10.6 Å². The van der Waals surface area contributed by atoms with Crippen LogP contribution in [0.1, 0.15) is 6.42 Å². The van der Waals surface area contributed by atoms with Crippen molar-refractivity contribution in [2.75, 3.05) is 25.4 Å². The summed E-state index contributed by atoms with van der Waals surface area (Å²) >= 11 is 0. The van der Waals surface area contributed by atoms with E-state index in [1.807, 2.05) is 0 Å². The summed E-state index contributed by atoms with van der Waals surface area (Å²) in [5.74, 6) is 0.113. The molecule has 0 bridgehead atoms. The van der Waals surface area contributed by atoms with E-state index in [2.05, 4.69) is 10.6 Å². The largest absolute Gasteiger partial charge is 0.356 e. The molecule has 1 fully saturated rings. The lowest BCUT2D eigenvalue weighted by Crippen LogP contribution is -2.50. The van der Waals surface area contributed by atoms with Gasteiger partial charge in [0, 0.05) is 19.6 Å². The molecule has 0 aromatic heterocycles. The molecule has 2 rings (SSSR count). The van der Waals surface area contributed by atoms with Crippen molar-refractivity contribution >= 4 is 15.7 Å². The van der Waals surface area contributed by atoms with Crippen molar-refractivity contribution in [3.63, 3.8) is 0 Å². The summed E-state index contributed by atoms with van der Waals surface area (Å²) in [7, 11) is -3.23. The molecule has 0 aliphatic carbocycles. The Kier molecular flexibility index (Phi) is 4.55. The van der Waals surface area contributed by atoms with Crippen molar-refractivity contribution in [3.8, 4) is 0 Å². The standard InChI is InChI=1S/C13H18N2O3S/c16-13(11-9-14-10-11)15-7-4-8-19(17,18)12-5-2-1-3-6-12/h1-3,5-6,11,14H,4,7-10H2,(H,15,16). The van der Waals surface area contributed by atoms with Crippen LogP contribution in [0.3, 0.4) is 0 Å². The van der Waals surface area contributed by atoms with Crippen LogP contribution >= 0.6 is 0 Å². The molecule has 0 saturated carbocycles. The molecule has 0 spiro atoms. The van der Waals surface area contributed by atoms with Crippen molar-refractivity contribution in [2.45, 2.75) is 11.3 Å². The van der Waals surface area contributed by atoms with E-state index in [1.54, 1.807) is 30.3 Å². The first-order valence-corrected chi connectivity index (χ1v) is 8.01. The van der Waals surface area contributed by atoms with Crippen LogP contribution in [0.15, 0.2) is 35.2 Å². The summed E-state index contributed by atoms with van der Waals surface area (Å²) in [6, 6.07) is 8.38. The molecule has 19 heavy (non-hydrogen) atoms. The van der Waals surface area contributed by atoms with E-state index >= 15 is 0 Å². The van der Waals surface area contributed by atoms with Crippen molar-refractivity contribution < 1.29 is 13.2 Å². The van der Waals surface area contributed by atoms with Gasteiger partial charge in [-0.2, -0.15) is 0 Å². The Labute approximate surface area is 113 Å². The third kappa shape index (κ3) is 3.78. The lowest BCUT2D eigenvalue weighted by atomic mass is 10.0. The van der Waals surface area contributed by atoms with E-state index in [4.69, 9.17) is 0 Å². The fraction of sp³-hybridized carbons (Fsp3) is 0.462. The fourth-order valence-corrected chi connectivity index (χ4v) is 3.17. The zero-order valence-electron chi connectivity index (χ0n) is 10.6. The van der Waals surface area contributed by atoms with Crippen LogP contribution in [-0.4, -0.2) is 39.7 Å². The normalized spacial score (nSPS) is 15.8. The van der Waals surface area contributed by atoms with Crippen LogP contribution in [0.25, 0.3) is 0 Å². The Morgan fingerprint density at radius 1 is 1.26 bits per heavy atom. The number of carbonyl (C=O) groups is 1. The van der Waals surface area contributed by atoms with Crippen LogP contribution in [0, 0.1) is 5.92 Å². The average Bonchev–Trinajstić information content (AvgIpc) is 2.34. The first-order chi connectivity index (χ1) is 9.09. The summed E-state index contributed by atoms with van der Waals surface area (Å²) in [5, 5.41) is 5.79. The van der Waals surface area contributed by atoms with Crippen molar-refractivity contribution in [3.05, 3.63) is 30.3 Å². The van der Waals surface area contributed by atoms with Gasteiger partial charge >= 0.3 is 0 Å². The van der Waals surface area contributed by atoms with Gasteiger partial charge in [-0.25, -0.2) is 8.42 Å². The monoisotopic (exact) mass is 282 g/mol. The summed E-state index contributed by atoms with van der Waals surface area (Å²) in [6.07, 6.45) is 0.434. The van der Waals surface area contributed by atoms with Gasteiger partial charge in [-0.05, 0) is 18.6 Å². The predicted octanol–water partition coefficient (Wildman–Crippen LogP) is 0.186. The van der Waals surface area contributed by atoms with Crippen LogP contribution in [0.2, 0.25) is 0 Å². The summed E-state index contributed by atoms with van der Waals surface area (Å²) < 4.78 is 23.9. The van der Waals surface area contributed by atoms with Gasteiger partial charge in [0.1, 0.15) is 0 Å². The average molecular weight is 282 g/mol. The Morgan fingerprint density at radius 3 is 2.53 bits per heavy atom. The Hall–Kier alpha value is -1.40. The minimum Gasteiger partial charge on any atom is -0.356 e. The summed E-state index contributed by atoms with van der Waals surface area (Å²) in [5.41, 5.74) is 0. The minimum absolute atomic E-state index is 0.0101. The van der Waals surface area contributed by atoms with Crippen LogP contribution < -0.4 is 10.6 Å². The highest BCUT2D eigenvalue weighted by Gasteiger charge is 2.24. The van der Waals surface area contributed by atoms with Gasteiger partial charge in [0.15, 0.2) is 9.84 Å². The maximum Gasteiger partial charge on any atom is 0.225 e. The molecule has 1 aromatic carbocycles. The van der Waals surface area contributed by atoms with Crippen molar-refractivity contribution in [2.24, 2.45) is 5.92 Å². The van der Waals surface area contributed by atoms with Gasteiger partial charge in [0.05, 0.1) is 16.6 Å². The second-order valence-corrected chi connectivity index (χ2v) is 6.74. The van der Waals surface area contributed by atoms with E-state index in [0.717, 1.165) is 0 Å². The Morgan fingerprint density at radius 2 is 1.95 bits per heavy atom. The zero-order chi connectivity index (χ0) is 13.7. The first-order valence-electron chi connectivity index (χ1n) is 6.36. The molecule has 1 heterocycles. The molecule has 0 radical (unpaired) electrons. The molecule has 0 unspecified atom stereocenters. The second-order valence-electron chi connectivity index (χ2n) is 4.63. The van der Waals surface area contributed by atoms with Gasteiger partial charge in [-0.3, -0.25) is 4.79 Å². The fourth-order valence-electron chi connectivity index (χ4n) is 1.84. The molecular weight excluding hydrogens is 264 g/mol. The molecule has 1 aliphatic heterocycles. The maximum atomic E-state index is 12.0. The van der Waals surface area contributed by atoms with Gasteiger partial charge in [0.25, 0.3) is 0 Å². The molecule has 104 valence electrons. The summed E-state index contributed by atoms with van der Waals surface area (Å²) in [4.78, 5) is 11.9. The number of hydrogen-bond acceptors (Lipinski definition) is 4. The van der Waals surface area contributed by atoms with E-state index in [0.29, 0.717) is 31.0 Å². The SMILES string of the molecule is O=C(NCCCS(=O)(=O)c1ccccc1)C1CNC1. The first kappa shape index (κ1) is 14.0. The molecule has 2 N–H and O–H groups in total. The van der Waals surface area contributed by atoms with E-state index < -0.39 is 9.84 Å². The maximum absolute atomic E-state index is 12.0. The molecule has 0 atom stereocenters. The van der Waals surface area contributed by atoms with E-state index in [-0.39, 0.29) is 17.6 Å². The number of carbonyl (C=O) groups excluding carboxylic acids is 1. The predicted molar refractivity (Wildman–Crippen MR) is 72.5 cm³/mol. The number of sulfone groups is 1. The lowest BCUT2D eigenvalue weighted by Gasteiger charge is -2.25. The van der Waals surface area contributed by atoms with Gasteiger partial charge in [-0.1, -0.05) is 18.2 Å². The molecule has 1 amide bonds. The Balaban J connectivity index is 1.74. The molecule has 1 aromatic rings. The molecular formula is C13H18N2O3S. The zero-order valence-corrected chi connectivity index (χ0v) is 11.4. The number of amides is 1. The van der Waals surface area contributed by atoms with Crippen molar-refractivity contribution in [1.29, 1.82) is 0 Å². The highest BCUT2D eigenvalue weighted by atomic mass is 32.2. The number of benzene rings is 1. The molecule has 6 heteroatoms. The smallest absolute Gasteiger partial charge is 0.225 e. The van der Waals surface area contributed by atoms with Gasteiger partial charge in [0.2, 0.25) is 5.91 Å². The van der Waals surface area contributed by atoms with Crippen LogP contribution in [0.5, 0.6) is 0 Å². The number of hydrogen-bond donors (Lipinski definition) is 2. The van der Waals surface area contributed by atoms with Gasteiger partial charge < -0.3 is 10.6 Å². The summed E-state index contributed by atoms with van der Waals surface area (Å²) in [6.45, 7) is 1.84. The topological polar surface area (TPSA) is 75.3 Å². The molecule has 1 aliphatic rings. The molecule has 1 saturated heterocycles. The van der Waals surface area contributed by atoms with Crippen LogP contribution in [0.4, 0.5) is 0 Å². The minimum atomic E-state index is -3.23. The van der Waals surface area contributed by atoms with E-state index in [9.17, 15) is 13.2 Å². The lowest BCUT2D eigenvalue weighted by molar-refractivity contribution is -0.126. The number of nitrogens with one attached hydrogen (secondary N) is 2.